The molecule has 1 aliphatic heterocycles. The van der Waals surface area contributed by atoms with Crippen molar-refractivity contribution in [2.75, 3.05) is 18.4 Å². The van der Waals surface area contributed by atoms with Crippen LogP contribution in [0.1, 0.15) is 19.3 Å². The smallest absolute Gasteiger partial charge is 0.154 e. The molecule has 22 heavy (non-hydrogen) atoms. The lowest BCUT2D eigenvalue weighted by Gasteiger charge is -2.16. The number of hydrogen-bond donors (Lipinski definition) is 3. The molecule has 0 aliphatic carbocycles. The van der Waals surface area contributed by atoms with Crippen LogP contribution in [0.4, 0.5) is 5.82 Å². The molecule has 1 atom stereocenters. The normalized spacial score (nSPS) is 19.4. The van der Waals surface area contributed by atoms with Crippen molar-refractivity contribution in [2.45, 2.75) is 25.3 Å². The Labute approximate surface area is 133 Å². The Morgan fingerprint density at radius 3 is 3.09 bits per heavy atom. The first-order chi connectivity index (χ1) is 10.8. The Morgan fingerprint density at radius 2 is 2.14 bits per heavy atom. The molecule has 5 nitrogen and oxygen atoms in total. The van der Waals surface area contributed by atoms with Crippen molar-refractivity contribution in [3.8, 4) is 0 Å². The summed E-state index contributed by atoms with van der Waals surface area (Å²) in [5.41, 5.74) is 2.91. The van der Waals surface area contributed by atoms with Crippen LogP contribution in [0.5, 0.6) is 0 Å². The largest absolute Gasteiger partial charge is 0.365 e. The first-order valence-electron chi connectivity index (χ1n) is 7.70. The minimum absolute atomic E-state index is 0.447. The topological polar surface area (TPSA) is 65.6 Å². The molecule has 6 heteroatoms. The number of hydrogen-bond acceptors (Lipinski definition) is 4. The molecule has 1 aliphatic rings. The van der Waals surface area contributed by atoms with Gasteiger partial charge >= 0.3 is 0 Å². The summed E-state index contributed by atoms with van der Waals surface area (Å²) < 4.78 is 0. The van der Waals surface area contributed by atoms with Crippen molar-refractivity contribution in [1.82, 2.24) is 20.3 Å². The average molecular weight is 316 g/mol. The molecular weight excluding hydrogens is 298 g/mol. The number of benzene rings is 1. The zero-order chi connectivity index (χ0) is 14.9. The summed E-state index contributed by atoms with van der Waals surface area (Å²) in [6.07, 6.45) is 5.07. The number of anilines is 1. The van der Waals surface area contributed by atoms with Crippen LogP contribution in [0.25, 0.3) is 21.9 Å². The van der Waals surface area contributed by atoms with Gasteiger partial charge in [0.25, 0.3) is 0 Å². The maximum absolute atomic E-state index is 6.11. The predicted molar refractivity (Wildman–Crippen MR) is 90.5 cm³/mol. The Kier molecular flexibility index (Phi) is 3.60. The molecule has 0 amide bonds. The number of nitrogens with zero attached hydrogens (tertiary/aromatic N) is 2. The molecule has 1 aromatic carbocycles. The van der Waals surface area contributed by atoms with Crippen molar-refractivity contribution in [1.29, 1.82) is 0 Å². The van der Waals surface area contributed by atoms with E-state index in [0.29, 0.717) is 6.04 Å². The van der Waals surface area contributed by atoms with E-state index in [9.17, 15) is 0 Å². The third-order valence-electron chi connectivity index (χ3n) is 4.26. The van der Waals surface area contributed by atoms with E-state index < -0.39 is 0 Å². The molecule has 3 heterocycles. The summed E-state index contributed by atoms with van der Waals surface area (Å²) in [6.45, 7) is 2.15. The van der Waals surface area contributed by atoms with Crippen LogP contribution >= 0.6 is 11.6 Å². The second-order valence-electron chi connectivity index (χ2n) is 5.78. The summed E-state index contributed by atoms with van der Waals surface area (Å²) >= 11 is 6.11. The van der Waals surface area contributed by atoms with Gasteiger partial charge in [-0.2, -0.15) is 0 Å². The van der Waals surface area contributed by atoms with Gasteiger partial charge < -0.3 is 15.6 Å². The third-order valence-corrected chi connectivity index (χ3v) is 4.50. The second kappa shape index (κ2) is 5.74. The van der Waals surface area contributed by atoms with Gasteiger partial charge in [-0.3, -0.25) is 0 Å². The molecule has 0 saturated carbocycles. The maximum Gasteiger partial charge on any atom is 0.154 e. The van der Waals surface area contributed by atoms with Gasteiger partial charge in [-0.15, -0.1) is 0 Å². The van der Waals surface area contributed by atoms with Gasteiger partial charge in [0.05, 0.1) is 0 Å². The standard InChI is InChI=1S/C16H18ClN5/c17-10-3-4-13-12(8-10)14-15(22-13)16(20-9-19-14)21-11-2-1-6-18-7-5-11/h3-4,8-9,11,18,22H,1-2,5-7H2,(H,19,20,21). The molecule has 0 spiro atoms. The quantitative estimate of drug-likeness (QED) is 0.679. The Morgan fingerprint density at radius 1 is 1.18 bits per heavy atom. The number of nitrogens with one attached hydrogen (secondary N) is 3. The summed E-state index contributed by atoms with van der Waals surface area (Å²) in [5.74, 6) is 0.879. The highest BCUT2D eigenvalue weighted by Crippen LogP contribution is 2.29. The molecule has 0 radical (unpaired) electrons. The summed E-state index contributed by atoms with van der Waals surface area (Å²) in [5, 5.41) is 8.77. The zero-order valence-electron chi connectivity index (χ0n) is 12.2. The highest BCUT2D eigenvalue weighted by atomic mass is 35.5. The number of fused-ring (bicyclic) bond motifs is 3. The van der Waals surface area contributed by atoms with Crippen LogP contribution in [0, 0.1) is 0 Å². The summed E-state index contributed by atoms with van der Waals surface area (Å²) in [4.78, 5) is 12.3. The van der Waals surface area contributed by atoms with E-state index in [1.165, 1.54) is 6.42 Å². The lowest BCUT2D eigenvalue weighted by molar-refractivity contribution is 0.635. The fourth-order valence-corrected chi connectivity index (χ4v) is 3.30. The first-order valence-corrected chi connectivity index (χ1v) is 8.08. The van der Waals surface area contributed by atoms with Crippen molar-refractivity contribution < 1.29 is 0 Å². The molecule has 1 unspecified atom stereocenters. The minimum Gasteiger partial charge on any atom is -0.365 e. The molecule has 2 aromatic heterocycles. The van der Waals surface area contributed by atoms with Crippen molar-refractivity contribution in [3.05, 3.63) is 29.5 Å². The number of rotatable bonds is 2. The molecule has 3 aromatic rings. The fourth-order valence-electron chi connectivity index (χ4n) is 3.13. The van der Waals surface area contributed by atoms with Crippen LogP contribution in [0.15, 0.2) is 24.5 Å². The van der Waals surface area contributed by atoms with Gasteiger partial charge in [-0.05, 0) is 50.6 Å². The van der Waals surface area contributed by atoms with Crippen LogP contribution in [-0.2, 0) is 0 Å². The Balaban J connectivity index is 1.75. The lowest BCUT2D eigenvalue weighted by atomic mass is 10.1. The van der Waals surface area contributed by atoms with Gasteiger partial charge in [-0.25, -0.2) is 9.97 Å². The first kappa shape index (κ1) is 13.8. The van der Waals surface area contributed by atoms with E-state index in [4.69, 9.17) is 11.6 Å². The SMILES string of the molecule is Clc1ccc2[nH]c3c(NC4CCCNCC4)ncnc3c2c1. The summed E-state index contributed by atoms with van der Waals surface area (Å²) in [7, 11) is 0. The number of aromatic amines is 1. The van der Waals surface area contributed by atoms with Crippen molar-refractivity contribution in [2.24, 2.45) is 0 Å². The van der Waals surface area contributed by atoms with Crippen molar-refractivity contribution >= 4 is 39.4 Å². The van der Waals surface area contributed by atoms with E-state index in [1.54, 1.807) is 6.33 Å². The molecule has 1 fully saturated rings. The van der Waals surface area contributed by atoms with Crippen LogP contribution in [0.2, 0.25) is 5.02 Å². The van der Waals surface area contributed by atoms with Crippen LogP contribution in [-0.4, -0.2) is 34.1 Å². The lowest BCUT2D eigenvalue weighted by Crippen LogP contribution is -2.22. The number of H-pyrrole nitrogens is 1. The van der Waals surface area contributed by atoms with E-state index in [2.05, 4.69) is 25.6 Å². The van der Waals surface area contributed by atoms with E-state index >= 15 is 0 Å². The molecule has 3 N–H and O–H groups in total. The third kappa shape index (κ3) is 2.51. The van der Waals surface area contributed by atoms with E-state index in [0.717, 1.165) is 58.7 Å². The van der Waals surface area contributed by atoms with Crippen LogP contribution in [0.3, 0.4) is 0 Å². The maximum atomic E-state index is 6.11. The number of aromatic nitrogens is 3. The second-order valence-corrected chi connectivity index (χ2v) is 6.22. The monoisotopic (exact) mass is 315 g/mol. The average Bonchev–Trinajstić information content (AvgIpc) is 2.70. The van der Waals surface area contributed by atoms with Gasteiger partial charge in [0.1, 0.15) is 17.4 Å². The van der Waals surface area contributed by atoms with Gasteiger partial charge in [0.15, 0.2) is 5.82 Å². The zero-order valence-corrected chi connectivity index (χ0v) is 13.0. The molecule has 1 saturated heterocycles. The number of halogens is 1. The highest BCUT2D eigenvalue weighted by molar-refractivity contribution is 6.31. The highest BCUT2D eigenvalue weighted by Gasteiger charge is 2.16. The summed E-state index contributed by atoms with van der Waals surface area (Å²) in [6, 6.07) is 6.26. The van der Waals surface area contributed by atoms with Gasteiger partial charge in [-0.1, -0.05) is 11.6 Å². The minimum atomic E-state index is 0.447. The molecule has 4 rings (SSSR count). The van der Waals surface area contributed by atoms with E-state index in [1.807, 2.05) is 18.2 Å². The van der Waals surface area contributed by atoms with Gasteiger partial charge in [0.2, 0.25) is 0 Å². The molecule has 0 bridgehead atoms. The van der Waals surface area contributed by atoms with Gasteiger partial charge in [0, 0.05) is 22.0 Å². The molecule has 114 valence electrons. The predicted octanol–water partition coefficient (Wildman–Crippen LogP) is 3.32. The van der Waals surface area contributed by atoms with E-state index in [-0.39, 0.29) is 0 Å². The Hall–Kier alpha value is -1.85. The fraction of sp³-hybridized carbons (Fsp3) is 0.375. The Bertz CT molecular complexity index is 805. The van der Waals surface area contributed by atoms with Crippen LogP contribution < -0.4 is 10.6 Å². The van der Waals surface area contributed by atoms with Crippen molar-refractivity contribution in [3.63, 3.8) is 0 Å². The molecular formula is C16H18ClN5.